The lowest BCUT2D eigenvalue weighted by atomic mass is 9.96. The first-order valence-corrected chi connectivity index (χ1v) is 8.79. The number of imidazole rings is 1. The van der Waals surface area contributed by atoms with Gasteiger partial charge >= 0.3 is 18.1 Å². The maximum Gasteiger partial charge on any atom is 0.449 e. The standard InChI is InChI=1S/C18H20F3N3O3/c1-2-27-16(26)15(25)23-9-7-12(8-10-23)11-24-14-6-4-3-5-13(14)22-17(24)18(19,20)21/h3-6,12H,2,7-11H2,1H3. The maximum atomic E-state index is 13.4. The predicted octanol–water partition coefficient (Wildman–Crippen LogP) is 2.86. The van der Waals surface area contributed by atoms with Gasteiger partial charge in [0, 0.05) is 19.6 Å². The number of carbonyl (C=O) groups is 2. The number of ether oxygens (including phenoxy) is 1. The molecule has 0 saturated carbocycles. The summed E-state index contributed by atoms with van der Waals surface area (Å²) in [5.41, 5.74) is 0.745. The highest BCUT2D eigenvalue weighted by atomic mass is 19.4. The molecule has 0 unspecified atom stereocenters. The molecule has 1 saturated heterocycles. The van der Waals surface area contributed by atoms with Gasteiger partial charge in [0.1, 0.15) is 0 Å². The molecule has 6 nitrogen and oxygen atoms in total. The summed E-state index contributed by atoms with van der Waals surface area (Å²) in [5, 5.41) is 0. The summed E-state index contributed by atoms with van der Waals surface area (Å²) in [6.07, 6.45) is -3.52. The van der Waals surface area contributed by atoms with Crippen LogP contribution < -0.4 is 0 Å². The minimum atomic E-state index is -4.54. The molecule has 2 aromatic rings. The number of para-hydroxylation sites is 2. The molecule has 1 aliphatic rings. The van der Waals surface area contributed by atoms with Crippen molar-refractivity contribution in [3.8, 4) is 0 Å². The highest BCUT2D eigenvalue weighted by Gasteiger charge is 2.38. The van der Waals surface area contributed by atoms with Crippen LogP contribution in [0.5, 0.6) is 0 Å². The van der Waals surface area contributed by atoms with Crippen LogP contribution in [0.15, 0.2) is 24.3 Å². The van der Waals surface area contributed by atoms with Crippen LogP contribution in [0.25, 0.3) is 11.0 Å². The average Bonchev–Trinajstić information content (AvgIpc) is 3.01. The molecule has 1 fully saturated rings. The SMILES string of the molecule is CCOC(=O)C(=O)N1CCC(Cn2c(C(F)(F)F)nc3ccccc32)CC1. The topological polar surface area (TPSA) is 64.4 Å². The number of aromatic nitrogens is 2. The first kappa shape index (κ1) is 19.2. The number of hydrogen-bond acceptors (Lipinski definition) is 4. The first-order valence-electron chi connectivity index (χ1n) is 8.79. The van der Waals surface area contributed by atoms with Crippen LogP contribution in [0.3, 0.4) is 0 Å². The Labute approximate surface area is 153 Å². The summed E-state index contributed by atoms with van der Waals surface area (Å²) in [5.74, 6) is -2.54. The molecule has 0 radical (unpaired) electrons. The highest BCUT2D eigenvalue weighted by Crippen LogP contribution is 2.33. The number of halogens is 3. The molecule has 1 amide bonds. The van der Waals surface area contributed by atoms with E-state index in [1.807, 2.05) is 0 Å². The molecule has 1 aliphatic heterocycles. The Morgan fingerprint density at radius 2 is 1.89 bits per heavy atom. The highest BCUT2D eigenvalue weighted by molar-refractivity contribution is 6.32. The van der Waals surface area contributed by atoms with Crippen LogP contribution in [-0.2, 0) is 27.0 Å². The number of carbonyl (C=O) groups excluding carboxylic acids is 2. The van der Waals surface area contributed by atoms with E-state index in [1.54, 1.807) is 31.2 Å². The number of fused-ring (bicyclic) bond motifs is 1. The lowest BCUT2D eigenvalue weighted by Crippen LogP contribution is -2.43. The van der Waals surface area contributed by atoms with E-state index in [1.165, 1.54) is 9.47 Å². The smallest absolute Gasteiger partial charge is 0.449 e. The monoisotopic (exact) mass is 383 g/mol. The summed E-state index contributed by atoms with van der Waals surface area (Å²) in [6, 6.07) is 6.51. The van der Waals surface area contributed by atoms with Gasteiger partial charge in [-0.3, -0.25) is 4.79 Å². The van der Waals surface area contributed by atoms with Crippen molar-refractivity contribution >= 4 is 22.9 Å². The van der Waals surface area contributed by atoms with E-state index in [4.69, 9.17) is 4.74 Å². The average molecular weight is 383 g/mol. The van der Waals surface area contributed by atoms with Crippen LogP contribution >= 0.6 is 0 Å². The fourth-order valence-corrected chi connectivity index (χ4v) is 3.38. The van der Waals surface area contributed by atoms with Crippen molar-refractivity contribution in [1.29, 1.82) is 0 Å². The van der Waals surface area contributed by atoms with Gasteiger partial charge in [-0.25, -0.2) is 9.78 Å². The summed E-state index contributed by atoms with van der Waals surface area (Å²) >= 11 is 0. The van der Waals surface area contributed by atoms with E-state index >= 15 is 0 Å². The Morgan fingerprint density at radius 3 is 2.52 bits per heavy atom. The third-order valence-electron chi connectivity index (χ3n) is 4.70. The number of amides is 1. The van der Waals surface area contributed by atoms with E-state index < -0.39 is 23.9 Å². The van der Waals surface area contributed by atoms with Gasteiger partial charge in [0.05, 0.1) is 17.6 Å². The lowest BCUT2D eigenvalue weighted by molar-refractivity contribution is -0.160. The third-order valence-corrected chi connectivity index (χ3v) is 4.70. The molecule has 27 heavy (non-hydrogen) atoms. The van der Waals surface area contributed by atoms with E-state index in [0.717, 1.165) is 0 Å². The van der Waals surface area contributed by atoms with Crippen molar-refractivity contribution in [3.63, 3.8) is 0 Å². The number of benzene rings is 1. The zero-order valence-corrected chi connectivity index (χ0v) is 14.8. The Balaban J connectivity index is 1.72. The fraction of sp³-hybridized carbons (Fsp3) is 0.500. The van der Waals surface area contributed by atoms with Crippen LogP contribution in [0, 0.1) is 5.92 Å². The van der Waals surface area contributed by atoms with E-state index in [9.17, 15) is 22.8 Å². The molecule has 0 aliphatic carbocycles. The molecule has 2 heterocycles. The second-order valence-electron chi connectivity index (χ2n) is 6.49. The van der Waals surface area contributed by atoms with Gasteiger partial charge in [-0.05, 0) is 37.8 Å². The molecule has 146 valence electrons. The minimum absolute atomic E-state index is 0.0463. The lowest BCUT2D eigenvalue weighted by Gasteiger charge is -2.31. The molecule has 1 aromatic heterocycles. The Morgan fingerprint density at radius 1 is 1.22 bits per heavy atom. The summed E-state index contributed by atoms with van der Waals surface area (Å²) in [4.78, 5) is 28.6. The number of esters is 1. The summed E-state index contributed by atoms with van der Waals surface area (Å²) < 4.78 is 46.1. The van der Waals surface area contributed by atoms with Crippen molar-refractivity contribution in [3.05, 3.63) is 30.1 Å². The zero-order valence-electron chi connectivity index (χ0n) is 14.8. The fourth-order valence-electron chi connectivity index (χ4n) is 3.38. The molecular weight excluding hydrogens is 363 g/mol. The normalized spacial score (nSPS) is 15.9. The van der Waals surface area contributed by atoms with Gasteiger partial charge in [0.2, 0.25) is 5.82 Å². The number of nitrogens with zero attached hydrogens (tertiary/aromatic N) is 3. The quantitative estimate of drug-likeness (QED) is 0.604. The minimum Gasteiger partial charge on any atom is -0.459 e. The molecule has 1 aromatic carbocycles. The van der Waals surface area contributed by atoms with Crippen molar-refractivity contribution in [1.82, 2.24) is 14.5 Å². The largest absolute Gasteiger partial charge is 0.459 e. The maximum absolute atomic E-state index is 13.4. The number of likely N-dealkylation sites (tertiary alicyclic amines) is 1. The third kappa shape index (κ3) is 4.06. The molecule has 0 N–H and O–H groups in total. The van der Waals surface area contributed by atoms with Gasteiger partial charge < -0.3 is 14.2 Å². The molecule has 9 heteroatoms. The van der Waals surface area contributed by atoms with Crippen LogP contribution in [0.1, 0.15) is 25.6 Å². The van der Waals surface area contributed by atoms with Crippen molar-refractivity contribution < 1.29 is 27.5 Å². The van der Waals surface area contributed by atoms with Crippen LogP contribution in [0.2, 0.25) is 0 Å². The van der Waals surface area contributed by atoms with Crippen molar-refractivity contribution in [2.75, 3.05) is 19.7 Å². The molecular formula is C18H20F3N3O3. The van der Waals surface area contributed by atoms with Gasteiger partial charge in [-0.1, -0.05) is 12.1 Å². The number of rotatable bonds is 3. The van der Waals surface area contributed by atoms with Crippen LogP contribution in [-0.4, -0.2) is 46.0 Å². The Kier molecular flexibility index (Phi) is 5.38. The van der Waals surface area contributed by atoms with Crippen LogP contribution in [0.4, 0.5) is 13.2 Å². The van der Waals surface area contributed by atoms with Crippen molar-refractivity contribution in [2.45, 2.75) is 32.5 Å². The predicted molar refractivity (Wildman–Crippen MR) is 90.7 cm³/mol. The molecule has 0 spiro atoms. The number of piperidine rings is 1. The van der Waals surface area contributed by atoms with E-state index in [0.29, 0.717) is 37.0 Å². The molecule has 3 rings (SSSR count). The Hall–Kier alpha value is -2.58. The number of alkyl halides is 3. The van der Waals surface area contributed by atoms with Gasteiger partial charge in [-0.2, -0.15) is 13.2 Å². The van der Waals surface area contributed by atoms with E-state index in [2.05, 4.69) is 4.98 Å². The van der Waals surface area contributed by atoms with Crippen molar-refractivity contribution in [2.24, 2.45) is 5.92 Å². The summed E-state index contributed by atoms with van der Waals surface area (Å²) in [6.45, 7) is 2.53. The Bertz CT molecular complexity index is 839. The number of hydrogen-bond donors (Lipinski definition) is 0. The van der Waals surface area contributed by atoms with Gasteiger partial charge in [0.15, 0.2) is 0 Å². The molecule has 0 atom stereocenters. The van der Waals surface area contributed by atoms with E-state index in [-0.39, 0.29) is 19.1 Å². The second-order valence-corrected chi connectivity index (χ2v) is 6.49. The second kappa shape index (κ2) is 7.58. The van der Waals surface area contributed by atoms with Gasteiger partial charge in [-0.15, -0.1) is 0 Å². The van der Waals surface area contributed by atoms with Gasteiger partial charge in [0.25, 0.3) is 0 Å². The summed E-state index contributed by atoms with van der Waals surface area (Å²) in [7, 11) is 0. The molecule has 0 bridgehead atoms. The zero-order chi connectivity index (χ0) is 19.6. The first-order chi connectivity index (χ1) is 12.8.